The molecule has 6 nitrogen and oxygen atoms in total. The number of benzene rings is 3. The van der Waals surface area contributed by atoms with Crippen molar-refractivity contribution in [2.45, 2.75) is 17.9 Å². The first kappa shape index (κ1) is 19.8. The van der Waals surface area contributed by atoms with Gasteiger partial charge in [-0.2, -0.15) is 9.57 Å². The van der Waals surface area contributed by atoms with Crippen molar-refractivity contribution < 1.29 is 13.2 Å². The Morgan fingerprint density at radius 3 is 2.33 bits per heavy atom. The highest BCUT2D eigenvalue weighted by molar-refractivity contribution is 7.89. The molecular weight excluding hydrogens is 398 g/mol. The van der Waals surface area contributed by atoms with Crippen LogP contribution in [-0.4, -0.2) is 25.2 Å². The average molecular weight is 417 g/mol. The number of amides is 1. The zero-order valence-corrected chi connectivity index (χ0v) is 16.9. The lowest BCUT2D eigenvalue weighted by Crippen LogP contribution is -2.35. The van der Waals surface area contributed by atoms with Crippen molar-refractivity contribution in [1.82, 2.24) is 4.31 Å². The van der Waals surface area contributed by atoms with Crippen molar-refractivity contribution in [3.05, 3.63) is 95.1 Å². The van der Waals surface area contributed by atoms with E-state index in [1.54, 1.807) is 24.3 Å². The zero-order chi connectivity index (χ0) is 21.1. The summed E-state index contributed by atoms with van der Waals surface area (Å²) in [6, 6.07) is 22.4. The van der Waals surface area contributed by atoms with Gasteiger partial charge in [0.1, 0.15) is 6.07 Å². The van der Waals surface area contributed by atoms with Crippen LogP contribution in [0.1, 0.15) is 27.0 Å². The quantitative estimate of drug-likeness (QED) is 0.703. The second kappa shape index (κ2) is 8.11. The highest BCUT2D eigenvalue weighted by Crippen LogP contribution is 2.25. The molecule has 0 saturated heterocycles. The summed E-state index contributed by atoms with van der Waals surface area (Å²) in [6.45, 7) is 0.762. The van der Waals surface area contributed by atoms with Crippen LogP contribution in [0, 0.1) is 11.3 Å². The Balaban J connectivity index is 1.52. The Bertz CT molecular complexity index is 1250. The van der Waals surface area contributed by atoms with Crippen LogP contribution >= 0.6 is 0 Å². The predicted octanol–water partition coefficient (Wildman–Crippen LogP) is 3.56. The summed E-state index contributed by atoms with van der Waals surface area (Å²) in [6.07, 6.45) is 0.675. The highest BCUT2D eigenvalue weighted by atomic mass is 32.2. The van der Waals surface area contributed by atoms with Gasteiger partial charge in [-0.15, -0.1) is 0 Å². The van der Waals surface area contributed by atoms with Gasteiger partial charge in [0, 0.05) is 18.7 Å². The molecule has 0 radical (unpaired) electrons. The van der Waals surface area contributed by atoms with Crippen LogP contribution in [0.5, 0.6) is 0 Å². The molecule has 150 valence electrons. The van der Waals surface area contributed by atoms with Crippen LogP contribution in [0.3, 0.4) is 0 Å². The molecule has 0 saturated carbocycles. The highest BCUT2D eigenvalue weighted by Gasteiger charge is 2.28. The Labute approximate surface area is 175 Å². The van der Waals surface area contributed by atoms with Crippen LogP contribution in [-0.2, 0) is 23.0 Å². The monoisotopic (exact) mass is 417 g/mol. The number of hydrogen-bond acceptors (Lipinski definition) is 4. The van der Waals surface area contributed by atoms with Crippen LogP contribution < -0.4 is 5.32 Å². The molecule has 0 aliphatic carbocycles. The molecule has 7 heteroatoms. The van der Waals surface area contributed by atoms with Crippen LogP contribution in [0.25, 0.3) is 0 Å². The average Bonchev–Trinajstić information content (AvgIpc) is 2.79. The van der Waals surface area contributed by atoms with Crippen molar-refractivity contribution in [3.8, 4) is 6.07 Å². The molecule has 0 fully saturated rings. The third-order valence-electron chi connectivity index (χ3n) is 5.15. The van der Waals surface area contributed by atoms with Crippen molar-refractivity contribution in [2.75, 3.05) is 11.9 Å². The third-order valence-corrected chi connectivity index (χ3v) is 7.01. The van der Waals surface area contributed by atoms with E-state index in [1.807, 2.05) is 30.3 Å². The molecule has 1 N–H and O–H groups in total. The van der Waals surface area contributed by atoms with Gasteiger partial charge in [-0.3, -0.25) is 4.79 Å². The van der Waals surface area contributed by atoms with Gasteiger partial charge in [-0.25, -0.2) is 8.42 Å². The lowest BCUT2D eigenvalue weighted by molar-refractivity contribution is 0.102. The fraction of sp³-hybridized carbons (Fsp3) is 0.130. The first-order chi connectivity index (χ1) is 14.5. The third kappa shape index (κ3) is 3.83. The second-order valence-corrected chi connectivity index (χ2v) is 8.93. The van der Waals surface area contributed by atoms with Gasteiger partial charge >= 0.3 is 0 Å². The fourth-order valence-corrected chi connectivity index (χ4v) is 4.91. The van der Waals surface area contributed by atoms with E-state index in [-0.39, 0.29) is 4.90 Å². The number of carbonyl (C=O) groups is 1. The summed E-state index contributed by atoms with van der Waals surface area (Å²) in [5, 5.41) is 11.8. The summed E-state index contributed by atoms with van der Waals surface area (Å²) in [5.74, 6) is -0.409. The van der Waals surface area contributed by atoms with Gasteiger partial charge in [-0.1, -0.05) is 36.4 Å². The van der Waals surface area contributed by atoms with Gasteiger partial charge < -0.3 is 5.32 Å². The van der Waals surface area contributed by atoms with Gasteiger partial charge in [0.25, 0.3) is 5.91 Å². The van der Waals surface area contributed by atoms with Crippen molar-refractivity contribution >= 4 is 21.6 Å². The molecule has 30 heavy (non-hydrogen) atoms. The molecular formula is C23H19N3O3S. The van der Waals surface area contributed by atoms with Crippen LogP contribution in [0.2, 0.25) is 0 Å². The number of anilines is 1. The molecule has 0 bridgehead atoms. The number of carbonyl (C=O) groups excluding carboxylic acids is 1. The molecule has 3 aromatic carbocycles. The van der Waals surface area contributed by atoms with E-state index < -0.39 is 15.9 Å². The number of fused-ring (bicyclic) bond motifs is 1. The minimum Gasteiger partial charge on any atom is -0.321 e. The maximum Gasteiger partial charge on any atom is 0.255 e. The Kier molecular flexibility index (Phi) is 5.36. The van der Waals surface area contributed by atoms with Gasteiger partial charge in [0.2, 0.25) is 10.0 Å². The number of para-hydroxylation sites is 1. The topological polar surface area (TPSA) is 90.3 Å². The summed E-state index contributed by atoms with van der Waals surface area (Å²) in [5.41, 5.74) is 3.27. The number of sulfonamides is 1. The predicted molar refractivity (Wildman–Crippen MR) is 113 cm³/mol. The van der Waals surface area contributed by atoms with Crippen molar-refractivity contribution in [1.29, 1.82) is 5.26 Å². The van der Waals surface area contributed by atoms with Crippen LogP contribution in [0.15, 0.2) is 77.7 Å². The molecule has 4 rings (SSSR count). The Morgan fingerprint density at radius 1 is 0.933 bits per heavy atom. The number of nitrogens with zero attached hydrogens (tertiary/aromatic N) is 2. The molecule has 0 unspecified atom stereocenters. The van der Waals surface area contributed by atoms with Gasteiger partial charge in [0.05, 0.1) is 16.1 Å². The SMILES string of the molecule is N#Cc1ccccc1NC(=O)c1ccc(S(=O)(=O)N2CCc3ccccc3C2)cc1. The van der Waals surface area contributed by atoms with Crippen molar-refractivity contribution in [2.24, 2.45) is 0 Å². The molecule has 3 aromatic rings. The Morgan fingerprint density at radius 2 is 1.60 bits per heavy atom. The number of nitrogens with one attached hydrogen (secondary N) is 1. The lowest BCUT2D eigenvalue weighted by Gasteiger charge is -2.28. The smallest absolute Gasteiger partial charge is 0.255 e. The standard InChI is InChI=1S/C23H19N3O3S/c24-15-19-6-3-4-8-22(19)25-23(27)18-9-11-21(12-10-18)30(28,29)26-14-13-17-5-1-2-7-20(17)16-26/h1-12H,13-14,16H2,(H,25,27). The first-order valence-electron chi connectivity index (χ1n) is 9.46. The van der Waals surface area contributed by atoms with E-state index in [1.165, 1.54) is 34.1 Å². The summed E-state index contributed by atoms with van der Waals surface area (Å²) >= 11 is 0. The van der Waals surface area contributed by atoms with E-state index in [4.69, 9.17) is 5.26 Å². The fourth-order valence-electron chi connectivity index (χ4n) is 3.49. The zero-order valence-electron chi connectivity index (χ0n) is 16.1. The molecule has 0 aromatic heterocycles. The van der Waals surface area contributed by atoms with Crippen molar-refractivity contribution in [3.63, 3.8) is 0 Å². The number of hydrogen-bond donors (Lipinski definition) is 1. The summed E-state index contributed by atoms with van der Waals surface area (Å²) in [4.78, 5) is 12.7. The van der Waals surface area contributed by atoms with Gasteiger partial charge in [-0.05, 0) is 53.9 Å². The molecule has 1 aliphatic heterocycles. The van der Waals surface area contributed by atoms with E-state index in [0.29, 0.717) is 36.3 Å². The summed E-state index contributed by atoms with van der Waals surface area (Å²) in [7, 11) is -3.66. The minimum atomic E-state index is -3.66. The molecule has 1 heterocycles. The Hall–Kier alpha value is -3.47. The number of nitriles is 1. The molecule has 0 atom stereocenters. The van der Waals surface area contributed by atoms with E-state index in [0.717, 1.165) is 5.56 Å². The lowest BCUT2D eigenvalue weighted by atomic mass is 10.0. The maximum atomic E-state index is 13.0. The van der Waals surface area contributed by atoms with Gasteiger partial charge in [0.15, 0.2) is 0 Å². The minimum absolute atomic E-state index is 0.149. The second-order valence-electron chi connectivity index (χ2n) is 6.99. The first-order valence-corrected chi connectivity index (χ1v) is 10.9. The summed E-state index contributed by atoms with van der Waals surface area (Å²) < 4.78 is 27.5. The van der Waals surface area contributed by atoms with Crippen LogP contribution in [0.4, 0.5) is 5.69 Å². The molecule has 1 aliphatic rings. The maximum absolute atomic E-state index is 13.0. The van der Waals surface area contributed by atoms with E-state index in [9.17, 15) is 13.2 Å². The largest absolute Gasteiger partial charge is 0.321 e. The molecule has 0 spiro atoms. The number of rotatable bonds is 4. The molecule has 1 amide bonds. The van der Waals surface area contributed by atoms with E-state index >= 15 is 0 Å². The van der Waals surface area contributed by atoms with E-state index in [2.05, 4.69) is 5.32 Å². The normalized spacial score (nSPS) is 13.8.